The number of carboxylic acids is 1. The predicted octanol–water partition coefficient (Wildman–Crippen LogP) is 1.96. The summed E-state index contributed by atoms with van der Waals surface area (Å²) in [5.41, 5.74) is 0.241. The number of hydrogen-bond acceptors (Lipinski definition) is 4. The highest BCUT2D eigenvalue weighted by Crippen LogP contribution is 2.15. The quantitative estimate of drug-likeness (QED) is 0.791. The van der Waals surface area contributed by atoms with Crippen molar-refractivity contribution in [1.29, 1.82) is 0 Å². The number of carboxylic acid groups (broad SMARTS) is 1. The van der Waals surface area contributed by atoms with Crippen LogP contribution in [-0.4, -0.2) is 42.7 Å². The Hall–Kier alpha value is -1.33. The number of hydrogen-bond donors (Lipinski definition) is 2. The molecule has 0 aliphatic heterocycles. The fourth-order valence-electron chi connectivity index (χ4n) is 1.98. The van der Waals surface area contributed by atoms with Crippen molar-refractivity contribution in [3.63, 3.8) is 0 Å². The summed E-state index contributed by atoms with van der Waals surface area (Å²) in [5.74, 6) is 0.677. The third-order valence-electron chi connectivity index (χ3n) is 3.10. The van der Waals surface area contributed by atoms with Crippen LogP contribution in [0.5, 0.6) is 0 Å². The number of aryl methyl sites for hydroxylation is 1. The van der Waals surface area contributed by atoms with Crippen molar-refractivity contribution in [1.82, 2.24) is 10.2 Å². The van der Waals surface area contributed by atoms with Gasteiger partial charge in [0.15, 0.2) is 0 Å². The molecule has 1 heterocycles. The third kappa shape index (κ3) is 4.69. The Morgan fingerprint density at radius 1 is 1.47 bits per heavy atom. The molecule has 0 aliphatic carbocycles. The molecule has 0 fully saturated rings. The molecular formula is C14H24N2O3. The largest absolute Gasteiger partial charge is 0.478 e. The molecule has 5 nitrogen and oxygen atoms in total. The molecule has 0 saturated heterocycles. The van der Waals surface area contributed by atoms with E-state index in [1.54, 1.807) is 13.0 Å². The first-order valence-electron chi connectivity index (χ1n) is 6.52. The summed E-state index contributed by atoms with van der Waals surface area (Å²) in [4.78, 5) is 13.1. The Kier molecular flexibility index (Phi) is 5.57. The van der Waals surface area contributed by atoms with Gasteiger partial charge in [-0.15, -0.1) is 0 Å². The predicted molar refractivity (Wildman–Crippen MR) is 74.4 cm³/mol. The molecular weight excluding hydrogens is 244 g/mol. The van der Waals surface area contributed by atoms with Crippen molar-refractivity contribution >= 4 is 5.97 Å². The minimum atomic E-state index is -0.943. The zero-order chi connectivity index (χ0) is 14.6. The van der Waals surface area contributed by atoms with E-state index in [4.69, 9.17) is 9.52 Å². The normalized spacial score (nSPS) is 13.2. The molecule has 0 aromatic carbocycles. The summed E-state index contributed by atoms with van der Waals surface area (Å²) in [6.07, 6.45) is 0. The average Bonchev–Trinajstić information content (AvgIpc) is 2.65. The molecule has 0 aliphatic rings. The first kappa shape index (κ1) is 15.7. The molecule has 0 spiro atoms. The Morgan fingerprint density at radius 3 is 2.53 bits per heavy atom. The highest BCUT2D eigenvalue weighted by Gasteiger charge is 2.17. The summed E-state index contributed by atoms with van der Waals surface area (Å²) < 4.78 is 5.45. The second-order valence-electron chi connectivity index (χ2n) is 5.48. The minimum Gasteiger partial charge on any atom is -0.478 e. The van der Waals surface area contributed by atoms with Gasteiger partial charge in [0.1, 0.15) is 17.1 Å². The maximum absolute atomic E-state index is 10.9. The molecule has 2 N–H and O–H groups in total. The van der Waals surface area contributed by atoms with Crippen LogP contribution in [-0.2, 0) is 6.54 Å². The van der Waals surface area contributed by atoms with E-state index in [0.717, 1.165) is 6.54 Å². The fourth-order valence-corrected chi connectivity index (χ4v) is 1.98. The molecule has 108 valence electrons. The number of likely N-dealkylation sites (N-methyl/N-ethyl adjacent to an activating group) is 1. The molecule has 1 aromatic heterocycles. The highest BCUT2D eigenvalue weighted by molar-refractivity contribution is 5.88. The lowest BCUT2D eigenvalue weighted by Gasteiger charge is -2.25. The molecule has 0 radical (unpaired) electrons. The Balaban J connectivity index is 2.64. The first-order chi connectivity index (χ1) is 8.81. The van der Waals surface area contributed by atoms with Crippen LogP contribution < -0.4 is 5.32 Å². The Bertz CT molecular complexity index is 424. The molecule has 19 heavy (non-hydrogen) atoms. The number of nitrogens with one attached hydrogen (secondary N) is 1. The van der Waals surface area contributed by atoms with E-state index < -0.39 is 5.97 Å². The Morgan fingerprint density at radius 2 is 2.11 bits per heavy atom. The monoisotopic (exact) mass is 268 g/mol. The maximum atomic E-state index is 10.9. The van der Waals surface area contributed by atoms with Crippen LogP contribution in [0.25, 0.3) is 0 Å². The molecule has 1 unspecified atom stereocenters. The van der Waals surface area contributed by atoms with Crippen LogP contribution in [0, 0.1) is 12.8 Å². The van der Waals surface area contributed by atoms with Gasteiger partial charge in [0.25, 0.3) is 0 Å². The lowest BCUT2D eigenvalue weighted by atomic mass is 10.0. The summed E-state index contributed by atoms with van der Waals surface area (Å²) in [5, 5.41) is 12.4. The van der Waals surface area contributed by atoms with Crippen LogP contribution >= 0.6 is 0 Å². The van der Waals surface area contributed by atoms with E-state index in [2.05, 4.69) is 24.1 Å². The van der Waals surface area contributed by atoms with Crippen LogP contribution in [0.1, 0.15) is 35.7 Å². The molecule has 1 aromatic rings. The van der Waals surface area contributed by atoms with Crippen molar-refractivity contribution in [3.05, 3.63) is 23.2 Å². The van der Waals surface area contributed by atoms with E-state index in [1.165, 1.54) is 0 Å². The average molecular weight is 268 g/mol. The highest BCUT2D eigenvalue weighted by atomic mass is 16.4. The second-order valence-corrected chi connectivity index (χ2v) is 5.48. The molecule has 1 atom stereocenters. The van der Waals surface area contributed by atoms with Crippen molar-refractivity contribution < 1.29 is 14.3 Å². The van der Waals surface area contributed by atoms with E-state index in [0.29, 0.717) is 30.0 Å². The van der Waals surface area contributed by atoms with Gasteiger partial charge in [-0.3, -0.25) is 0 Å². The van der Waals surface area contributed by atoms with Gasteiger partial charge in [0.2, 0.25) is 0 Å². The van der Waals surface area contributed by atoms with Gasteiger partial charge in [-0.25, -0.2) is 4.79 Å². The lowest BCUT2D eigenvalue weighted by molar-refractivity contribution is 0.0695. The topological polar surface area (TPSA) is 65.7 Å². The Labute approximate surface area is 114 Å². The standard InChI is InChI=1S/C14H24N2O3/c1-9(2)13(8-16(4)5)15-7-11-6-12(14(17)18)10(3)19-11/h6,9,13,15H,7-8H2,1-5H3,(H,17,18). The number of nitrogens with zero attached hydrogens (tertiary/aromatic N) is 1. The van der Waals surface area contributed by atoms with Gasteiger partial charge < -0.3 is 19.7 Å². The maximum Gasteiger partial charge on any atom is 0.339 e. The van der Waals surface area contributed by atoms with Gasteiger partial charge in [-0.2, -0.15) is 0 Å². The fraction of sp³-hybridized carbons (Fsp3) is 0.643. The van der Waals surface area contributed by atoms with Gasteiger partial charge in [-0.1, -0.05) is 13.8 Å². The second kappa shape index (κ2) is 6.73. The lowest BCUT2D eigenvalue weighted by Crippen LogP contribution is -2.41. The van der Waals surface area contributed by atoms with Crippen molar-refractivity contribution in [3.8, 4) is 0 Å². The molecule has 1 rings (SSSR count). The van der Waals surface area contributed by atoms with Gasteiger partial charge in [0, 0.05) is 12.6 Å². The van der Waals surface area contributed by atoms with E-state index in [-0.39, 0.29) is 5.56 Å². The smallest absolute Gasteiger partial charge is 0.339 e. The third-order valence-corrected chi connectivity index (χ3v) is 3.10. The molecule has 0 bridgehead atoms. The van der Waals surface area contributed by atoms with Crippen LogP contribution in [0.2, 0.25) is 0 Å². The minimum absolute atomic E-state index is 0.241. The van der Waals surface area contributed by atoms with Crippen LogP contribution in [0.15, 0.2) is 10.5 Å². The molecule has 0 amide bonds. The summed E-state index contributed by atoms with van der Waals surface area (Å²) >= 11 is 0. The van der Waals surface area contributed by atoms with Crippen molar-refractivity contribution in [2.24, 2.45) is 5.92 Å². The van der Waals surface area contributed by atoms with Crippen LogP contribution in [0.4, 0.5) is 0 Å². The number of aromatic carboxylic acids is 1. The van der Waals surface area contributed by atoms with E-state index >= 15 is 0 Å². The zero-order valence-corrected chi connectivity index (χ0v) is 12.4. The number of carbonyl (C=O) groups is 1. The van der Waals surface area contributed by atoms with Crippen molar-refractivity contribution in [2.45, 2.75) is 33.4 Å². The van der Waals surface area contributed by atoms with E-state index in [9.17, 15) is 4.79 Å². The van der Waals surface area contributed by atoms with Crippen LogP contribution in [0.3, 0.4) is 0 Å². The summed E-state index contributed by atoms with van der Waals surface area (Å²) in [6, 6.07) is 1.94. The van der Waals surface area contributed by atoms with Gasteiger partial charge in [-0.05, 0) is 33.0 Å². The SMILES string of the molecule is Cc1oc(CNC(CN(C)C)C(C)C)cc1C(=O)O. The van der Waals surface area contributed by atoms with Gasteiger partial charge in [0.05, 0.1) is 6.54 Å². The summed E-state index contributed by atoms with van der Waals surface area (Å²) in [6.45, 7) is 7.48. The zero-order valence-electron chi connectivity index (χ0n) is 12.4. The summed E-state index contributed by atoms with van der Waals surface area (Å²) in [7, 11) is 4.08. The molecule has 0 saturated carbocycles. The van der Waals surface area contributed by atoms with Crippen molar-refractivity contribution in [2.75, 3.05) is 20.6 Å². The number of furan rings is 1. The van der Waals surface area contributed by atoms with E-state index in [1.807, 2.05) is 14.1 Å². The van der Waals surface area contributed by atoms with Gasteiger partial charge >= 0.3 is 5.97 Å². The first-order valence-corrected chi connectivity index (χ1v) is 6.52. The number of rotatable bonds is 7. The molecule has 5 heteroatoms.